The van der Waals surface area contributed by atoms with Crippen LogP contribution in [0, 0.1) is 5.41 Å². The van der Waals surface area contributed by atoms with E-state index in [0.29, 0.717) is 34.0 Å². The zero-order chi connectivity index (χ0) is 19.2. The molecule has 0 atom stereocenters. The molecular formula is C20H18N4O3. The number of nitrogens with zero attached hydrogens (tertiary/aromatic N) is 2. The Balaban J connectivity index is 1.85. The molecule has 1 amide bonds. The molecule has 0 bridgehead atoms. The molecule has 3 aromatic rings. The van der Waals surface area contributed by atoms with Gasteiger partial charge < -0.3 is 19.9 Å². The van der Waals surface area contributed by atoms with Crippen molar-refractivity contribution in [2.24, 2.45) is 0 Å². The number of methoxy groups -OCH3 is 1. The lowest BCUT2D eigenvalue weighted by atomic mass is 10.2. The topological polar surface area (TPSA) is 101 Å². The van der Waals surface area contributed by atoms with Crippen molar-refractivity contribution in [3.05, 3.63) is 71.9 Å². The minimum absolute atomic E-state index is 0.299. The van der Waals surface area contributed by atoms with Crippen LogP contribution in [0.1, 0.15) is 17.3 Å². The van der Waals surface area contributed by atoms with E-state index in [-0.39, 0.29) is 5.91 Å². The average Bonchev–Trinajstić information content (AvgIpc) is 3.15. The van der Waals surface area contributed by atoms with Gasteiger partial charge in [0.1, 0.15) is 11.3 Å². The highest BCUT2D eigenvalue weighted by atomic mass is 16.5. The van der Waals surface area contributed by atoms with E-state index in [0.717, 1.165) is 11.8 Å². The summed E-state index contributed by atoms with van der Waals surface area (Å²) < 4.78 is 10.7. The van der Waals surface area contributed by atoms with Crippen LogP contribution in [0.3, 0.4) is 0 Å². The number of carbonyl (C=O) groups excluding carboxylic acids is 1. The molecule has 0 fully saturated rings. The Morgan fingerprint density at radius 2 is 2.19 bits per heavy atom. The van der Waals surface area contributed by atoms with E-state index >= 15 is 0 Å². The number of rotatable bonds is 6. The van der Waals surface area contributed by atoms with Crippen LogP contribution in [-0.2, 0) is 4.74 Å². The van der Waals surface area contributed by atoms with Crippen molar-refractivity contribution >= 4 is 23.2 Å². The summed E-state index contributed by atoms with van der Waals surface area (Å²) in [5, 5.41) is 10.0. The van der Waals surface area contributed by atoms with Gasteiger partial charge in [0.25, 0.3) is 5.91 Å². The summed E-state index contributed by atoms with van der Waals surface area (Å²) in [6.07, 6.45) is 7.70. The summed E-state index contributed by atoms with van der Waals surface area (Å²) in [5.74, 6) is 0.479. The van der Waals surface area contributed by atoms with Crippen molar-refractivity contribution in [2.75, 3.05) is 7.11 Å². The van der Waals surface area contributed by atoms with Crippen LogP contribution in [0.15, 0.2) is 70.8 Å². The van der Waals surface area contributed by atoms with Crippen molar-refractivity contribution in [1.82, 2.24) is 15.3 Å². The summed E-state index contributed by atoms with van der Waals surface area (Å²) in [6.45, 7) is 1.78. The molecule has 0 spiro atoms. The number of carbonyl (C=O) groups is 1. The number of hydrogen-bond acceptors (Lipinski definition) is 6. The molecule has 136 valence electrons. The molecule has 0 saturated heterocycles. The first-order valence-electron chi connectivity index (χ1n) is 8.19. The lowest BCUT2D eigenvalue weighted by Crippen LogP contribution is -2.22. The molecule has 1 aromatic carbocycles. The van der Waals surface area contributed by atoms with E-state index < -0.39 is 0 Å². The monoisotopic (exact) mass is 362 g/mol. The first-order valence-corrected chi connectivity index (χ1v) is 8.19. The van der Waals surface area contributed by atoms with Crippen molar-refractivity contribution in [3.63, 3.8) is 0 Å². The van der Waals surface area contributed by atoms with E-state index in [1.165, 1.54) is 7.11 Å². The number of fused-ring (bicyclic) bond motifs is 1. The van der Waals surface area contributed by atoms with Crippen LogP contribution in [0.2, 0.25) is 0 Å². The van der Waals surface area contributed by atoms with Gasteiger partial charge >= 0.3 is 0 Å². The van der Waals surface area contributed by atoms with E-state index in [2.05, 4.69) is 15.3 Å². The molecule has 0 radical (unpaired) electrons. The Hall–Kier alpha value is -3.74. The predicted molar refractivity (Wildman–Crippen MR) is 102 cm³/mol. The van der Waals surface area contributed by atoms with Crippen LogP contribution < -0.4 is 5.32 Å². The second-order valence-corrected chi connectivity index (χ2v) is 5.54. The highest BCUT2D eigenvalue weighted by molar-refractivity contribution is 5.98. The fourth-order valence-electron chi connectivity index (χ4n) is 2.39. The Bertz CT molecular complexity index is 1040. The molecule has 7 heteroatoms. The quantitative estimate of drug-likeness (QED) is 0.395. The molecular weight excluding hydrogens is 344 g/mol. The third-order valence-electron chi connectivity index (χ3n) is 3.80. The van der Waals surface area contributed by atoms with Gasteiger partial charge in [0.2, 0.25) is 5.89 Å². The molecule has 2 N–H and O–H groups in total. The summed E-state index contributed by atoms with van der Waals surface area (Å²) >= 11 is 0. The molecule has 0 aliphatic rings. The zero-order valence-corrected chi connectivity index (χ0v) is 14.9. The zero-order valence-electron chi connectivity index (χ0n) is 14.9. The normalized spacial score (nSPS) is 12.1. The van der Waals surface area contributed by atoms with Gasteiger partial charge in [-0.1, -0.05) is 6.08 Å². The Morgan fingerprint density at radius 3 is 2.85 bits per heavy atom. The summed E-state index contributed by atoms with van der Waals surface area (Å²) in [7, 11) is 1.46. The predicted octanol–water partition coefficient (Wildman–Crippen LogP) is 3.70. The van der Waals surface area contributed by atoms with E-state index in [1.54, 1.807) is 55.7 Å². The average molecular weight is 362 g/mol. The van der Waals surface area contributed by atoms with Crippen molar-refractivity contribution in [1.29, 1.82) is 5.41 Å². The maximum atomic E-state index is 12.5. The molecule has 7 nitrogen and oxygen atoms in total. The number of allylic oxidation sites excluding steroid dienone is 3. The van der Waals surface area contributed by atoms with E-state index in [9.17, 15) is 4.79 Å². The molecule has 0 aliphatic heterocycles. The molecule has 3 rings (SSSR count). The Kier molecular flexibility index (Phi) is 5.41. The molecule has 0 unspecified atom stereocenters. The molecule has 0 aliphatic carbocycles. The number of oxazole rings is 1. The maximum Gasteiger partial charge on any atom is 0.255 e. The fourth-order valence-corrected chi connectivity index (χ4v) is 2.39. The van der Waals surface area contributed by atoms with E-state index in [1.807, 2.05) is 6.07 Å². The third kappa shape index (κ3) is 4.09. The van der Waals surface area contributed by atoms with Gasteiger partial charge in [-0.05, 0) is 37.3 Å². The molecule has 2 heterocycles. The maximum absolute atomic E-state index is 12.5. The molecule has 0 saturated carbocycles. The van der Waals surface area contributed by atoms with Gasteiger partial charge in [-0.2, -0.15) is 0 Å². The standard InChI is InChI=1S/C20H18N4O3/c1-3-15(10-16(11-21)26-2)23-19(25)13-6-7-18-17(9-13)24-20(27-18)14-5-4-8-22-12-14/h3-12,21H,1-2H3,(H,23,25)/b15-3+,16-10+,21-11?. The minimum Gasteiger partial charge on any atom is -0.495 e. The van der Waals surface area contributed by atoms with Crippen molar-refractivity contribution < 1.29 is 13.9 Å². The first kappa shape index (κ1) is 18.1. The van der Waals surface area contributed by atoms with Crippen LogP contribution in [0.5, 0.6) is 0 Å². The SMILES string of the molecule is C/C=C(\C=C(/C=N)OC)NC(=O)c1ccc2oc(-c3cccnc3)nc2c1. The van der Waals surface area contributed by atoms with Crippen LogP contribution in [-0.4, -0.2) is 29.2 Å². The first-order chi connectivity index (χ1) is 13.1. The van der Waals surface area contributed by atoms with Crippen LogP contribution >= 0.6 is 0 Å². The smallest absolute Gasteiger partial charge is 0.255 e. The van der Waals surface area contributed by atoms with Gasteiger partial charge in [0, 0.05) is 29.7 Å². The van der Waals surface area contributed by atoms with E-state index in [4.69, 9.17) is 14.6 Å². The van der Waals surface area contributed by atoms with Crippen molar-refractivity contribution in [2.45, 2.75) is 6.92 Å². The lowest BCUT2D eigenvalue weighted by Gasteiger charge is -2.07. The number of hydrogen-bond donors (Lipinski definition) is 2. The fraction of sp³-hybridized carbons (Fsp3) is 0.100. The van der Waals surface area contributed by atoms with Crippen LogP contribution in [0.25, 0.3) is 22.6 Å². The Labute approximate surface area is 155 Å². The second kappa shape index (κ2) is 8.09. The summed E-state index contributed by atoms with van der Waals surface area (Å²) in [5.41, 5.74) is 2.89. The number of pyridine rings is 1. The molecule has 2 aromatic heterocycles. The van der Waals surface area contributed by atoms with Gasteiger partial charge in [-0.15, -0.1) is 0 Å². The molecule has 27 heavy (non-hydrogen) atoms. The largest absolute Gasteiger partial charge is 0.495 e. The Morgan fingerprint density at radius 1 is 1.33 bits per heavy atom. The number of ether oxygens (including phenoxy) is 1. The van der Waals surface area contributed by atoms with Gasteiger partial charge in [0.15, 0.2) is 5.58 Å². The number of aromatic nitrogens is 2. The third-order valence-corrected chi connectivity index (χ3v) is 3.80. The summed E-state index contributed by atoms with van der Waals surface area (Å²) in [6, 6.07) is 8.70. The summed E-state index contributed by atoms with van der Waals surface area (Å²) in [4.78, 5) is 21.0. The number of nitrogens with one attached hydrogen (secondary N) is 2. The number of benzene rings is 1. The van der Waals surface area contributed by atoms with Gasteiger partial charge in [0.05, 0.1) is 18.9 Å². The highest BCUT2D eigenvalue weighted by Crippen LogP contribution is 2.24. The lowest BCUT2D eigenvalue weighted by molar-refractivity contribution is 0.0967. The highest BCUT2D eigenvalue weighted by Gasteiger charge is 2.12. The second-order valence-electron chi connectivity index (χ2n) is 5.54. The van der Waals surface area contributed by atoms with Gasteiger partial charge in [-0.25, -0.2) is 4.98 Å². The van der Waals surface area contributed by atoms with Gasteiger partial charge in [-0.3, -0.25) is 9.78 Å². The number of amides is 1. The van der Waals surface area contributed by atoms with Crippen molar-refractivity contribution in [3.8, 4) is 11.5 Å². The minimum atomic E-state index is -0.299. The van der Waals surface area contributed by atoms with Crippen LogP contribution in [0.4, 0.5) is 0 Å².